The molecule has 0 aliphatic carbocycles. The third kappa shape index (κ3) is 1.26. The third-order valence-electron chi connectivity index (χ3n) is 1.65. The molecule has 0 spiro atoms. The van der Waals surface area contributed by atoms with Gasteiger partial charge < -0.3 is 0 Å². The smallest absolute Gasteiger partial charge is 0.269 e. The van der Waals surface area contributed by atoms with Crippen LogP contribution in [0.3, 0.4) is 0 Å². The van der Waals surface area contributed by atoms with E-state index in [4.69, 9.17) is 0 Å². The average Bonchev–Trinajstić information content (AvgIpc) is 2.09. The van der Waals surface area contributed by atoms with Crippen LogP contribution < -0.4 is 0 Å². The van der Waals surface area contributed by atoms with Gasteiger partial charge in [-0.25, -0.2) is 10.0 Å². The largest absolute Gasteiger partial charge is 0.270 e. The summed E-state index contributed by atoms with van der Waals surface area (Å²) >= 11 is 0. The highest BCUT2D eigenvalue weighted by Gasteiger charge is 2.36. The van der Waals surface area contributed by atoms with E-state index in [2.05, 4.69) is 4.99 Å². The van der Waals surface area contributed by atoms with E-state index in [1.54, 1.807) is 25.2 Å². The third-order valence-corrected chi connectivity index (χ3v) is 1.65. The molecule has 1 amide bonds. The first-order chi connectivity index (χ1) is 4.95. The van der Waals surface area contributed by atoms with Gasteiger partial charge in [-0.1, -0.05) is 0 Å². The molecule has 0 aromatic carbocycles. The molecule has 0 saturated heterocycles. The number of hydrogen-bond acceptors (Lipinski definition) is 3. The maximum absolute atomic E-state index is 11.4. The first-order valence-electron chi connectivity index (χ1n) is 3.51. The van der Waals surface area contributed by atoms with Crippen molar-refractivity contribution in [2.24, 2.45) is 4.99 Å². The molecule has 0 fully saturated rings. The van der Waals surface area contributed by atoms with Crippen LogP contribution in [0.5, 0.6) is 0 Å². The van der Waals surface area contributed by atoms with Crippen LogP contribution >= 0.6 is 0 Å². The normalized spacial score (nSPS) is 21.9. The van der Waals surface area contributed by atoms with Crippen molar-refractivity contribution >= 4 is 12.2 Å². The van der Waals surface area contributed by atoms with E-state index in [1.165, 1.54) is 5.01 Å². The van der Waals surface area contributed by atoms with Crippen LogP contribution in [0.2, 0.25) is 0 Å². The summed E-state index contributed by atoms with van der Waals surface area (Å²) in [5.74, 6) is 0.0162. The fraction of sp³-hybridized carbons (Fsp3) is 0.714. The second-order valence-corrected chi connectivity index (χ2v) is 3.30. The van der Waals surface area contributed by atoms with Gasteiger partial charge in [0.15, 0.2) is 0 Å². The summed E-state index contributed by atoms with van der Waals surface area (Å²) in [5.41, 5.74) is -0.579. The molecule has 0 radical (unpaired) electrons. The number of carbonyl (C=O) groups is 1. The standard InChI is InChI=1S/C7H13N3O/c1-7(2)6(11)10(5-8-7)9(3)4/h5H,1-4H3. The first-order valence-corrected chi connectivity index (χ1v) is 3.51. The second-order valence-electron chi connectivity index (χ2n) is 3.30. The minimum Gasteiger partial charge on any atom is -0.270 e. The van der Waals surface area contributed by atoms with E-state index < -0.39 is 5.54 Å². The first kappa shape index (κ1) is 8.20. The van der Waals surface area contributed by atoms with Crippen molar-refractivity contribution in [2.45, 2.75) is 19.4 Å². The van der Waals surface area contributed by atoms with Gasteiger partial charge in [-0.3, -0.25) is 9.79 Å². The number of hydrogen-bond donors (Lipinski definition) is 0. The molecular weight excluding hydrogens is 142 g/mol. The van der Waals surface area contributed by atoms with Gasteiger partial charge in [-0.2, -0.15) is 0 Å². The zero-order chi connectivity index (χ0) is 8.65. The Morgan fingerprint density at radius 1 is 1.55 bits per heavy atom. The molecule has 0 aromatic heterocycles. The molecule has 0 saturated carbocycles. The Kier molecular flexibility index (Phi) is 1.72. The molecule has 1 aliphatic rings. The Morgan fingerprint density at radius 2 is 2.09 bits per heavy atom. The lowest BCUT2D eigenvalue weighted by molar-refractivity contribution is -0.138. The van der Waals surface area contributed by atoms with Gasteiger partial charge in [-0.05, 0) is 13.8 Å². The van der Waals surface area contributed by atoms with E-state index in [9.17, 15) is 4.79 Å². The van der Waals surface area contributed by atoms with Crippen LogP contribution in [0.4, 0.5) is 0 Å². The molecule has 1 rings (SSSR count). The zero-order valence-electron chi connectivity index (χ0n) is 7.33. The predicted octanol–water partition coefficient (Wildman–Crippen LogP) is 0.112. The van der Waals surface area contributed by atoms with E-state index in [0.717, 1.165) is 0 Å². The molecule has 0 unspecified atom stereocenters. The Labute approximate surface area is 66.5 Å². The van der Waals surface area contributed by atoms with Gasteiger partial charge in [0.25, 0.3) is 5.91 Å². The van der Waals surface area contributed by atoms with E-state index in [1.807, 2.05) is 14.1 Å². The molecule has 1 aliphatic heterocycles. The monoisotopic (exact) mass is 155 g/mol. The number of hydrazine groups is 1. The van der Waals surface area contributed by atoms with Crippen LogP contribution in [-0.2, 0) is 4.79 Å². The fourth-order valence-electron chi connectivity index (χ4n) is 0.872. The molecule has 0 bridgehead atoms. The van der Waals surface area contributed by atoms with Gasteiger partial charge in [-0.15, -0.1) is 0 Å². The molecular formula is C7H13N3O. The van der Waals surface area contributed by atoms with Crippen molar-refractivity contribution in [1.82, 2.24) is 10.0 Å². The average molecular weight is 155 g/mol. The minimum absolute atomic E-state index is 0.0162. The highest BCUT2D eigenvalue weighted by molar-refractivity contribution is 5.98. The van der Waals surface area contributed by atoms with Gasteiger partial charge in [0.1, 0.15) is 11.9 Å². The molecule has 11 heavy (non-hydrogen) atoms. The SMILES string of the molecule is CN(C)N1C=NC(C)(C)C1=O. The maximum Gasteiger partial charge on any atom is 0.269 e. The van der Waals surface area contributed by atoms with Crippen molar-refractivity contribution in [3.63, 3.8) is 0 Å². The Hall–Kier alpha value is -0.900. The van der Waals surface area contributed by atoms with Crippen molar-refractivity contribution in [2.75, 3.05) is 14.1 Å². The number of aliphatic imine (C=N–C) groups is 1. The fourth-order valence-corrected chi connectivity index (χ4v) is 0.872. The van der Waals surface area contributed by atoms with Gasteiger partial charge in [0.05, 0.1) is 0 Å². The van der Waals surface area contributed by atoms with Crippen LogP contribution in [0.15, 0.2) is 4.99 Å². The molecule has 0 N–H and O–H groups in total. The van der Waals surface area contributed by atoms with Crippen molar-refractivity contribution < 1.29 is 4.79 Å². The summed E-state index contributed by atoms with van der Waals surface area (Å²) < 4.78 is 0. The summed E-state index contributed by atoms with van der Waals surface area (Å²) in [6, 6.07) is 0. The number of carbonyl (C=O) groups excluding carboxylic acids is 1. The molecule has 0 atom stereocenters. The summed E-state index contributed by atoms with van der Waals surface area (Å²) in [5, 5.41) is 3.21. The van der Waals surface area contributed by atoms with Crippen LogP contribution in [0, 0.1) is 0 Å². The van der Waals surface area contributed by atoms with E-state index >= 15 is 0 Å². The Bertz CT molecular complexity index is 208. The van der Waals surface area contributed by atoms with Crippen LogP contribution in [-0.4, -0.2) is 41.9 Å². The van der Waals surface area contributed by atoms with Crippen molar-refractivity contribution in [3.05, 3.63) is 0 Å². The summed E-state index contributed by atoms with van der Waals surface area (Å²) in [6.07, 6.45) is 1.56. The lowest BCUT2D eigenvalue weighted by Gasteiger charge is -2.23. The summed E-state index contributed by atoms with van der Waals surface area (Å²) in [4.78, 5) is 15.5. The number of nitrogens with zero attached hydrogens (tertiary/aromatic N) is 3. The highest BCUT2D eigenvalue weighted by atomic mass is 16.2. The lowest BCUT2D eigenvalue weighted by atomic mass is 10.1. The predicted molar refractivity (Wildman–Crippen MR) is 43.1 cm³/mol. The summed E-state index contributed by atoms with van der Waals surface area (Å²) in [6.45, 7) is 3.60. The summed E-state index contributed by atoms with van der Waals surface area (Å²) in [7, 11) is 3.62. The molecule has 1 heterocycles. The van der Waals surface area contributed by atoms with Gasteiger partial charge >= 0.3 is 0 Å². The lowest BCUT2D eigenvalue weighted by Crippen LogP contribution is -2.43. The zero-order valence-corrected chi connectivity index (χ0v) is 7.33. The Morgan fingerprint density at radius 3 is 2.27 bits per heavy atom. The van der Waals surface area contributed by atoms with Gasteiger partial charge in [0, 0.05) is 14.1 Å². The molecule has 4 nitrogen and oxygen atoms in total. The maximum atomic E-state index is 11.4. The van der Waals surface area contributed by atoms with Gasteiger partial charge in [0.2, 0.25) is 0 Å². The molecule has 0 aromatic rings. The van der Waals surface area contributed by atoms with E-state index in [0.29, 0.717) is 0 Å². The topological polar surface area (TPSA) is 35.9 Å². The van der Waals surface area contributed by atoms with E-state index in [-0.39, 0.29) is 5.91 Å². The quantitative estimate of drug-likeness (QED) is 0.539. The van der Waals surface area contributed by atoms with Crippen LogP contribution in [0.1, 0.15) is 13.8 Å². The van der Waals surface area contributed by atoms with Crippen LogP contribution in [0.25, 0.3) is 0 Å². The number of amides is 1. The number of rotatable bonds is 1. The highest BCUT2D eigenvalue weighted by Crippen LogP contribution is 2.18. The Balaban J connectivity index is 2.81. The molecule has 4 heteroatoms. The molecule has 62 valence electrons. The second kappa shape index (κ2) is 2.30. The minimum atomic E-state index is -0.579. The van der Waals surface area contributed by atoms with Crippen molar-refractivity contribution in [3.8, 4) is 0 Å². The van der Waals surface area contributed by atoms with Crippen molar-refractivity contribution in [1.29, 1.82) is 0 Å².